The minimum absolute atomic E-state index is 0.128. The monoisotopic (exact) mass is 166 g/mol. The molecule has 0 atom stereocenters. The number of aromatic amines is 1. The fourth-order valence-corrected chi connectivity index (χ4v) is 0.782. The summed E-state index contributed by atoms with van der Waals surface area (Å²) in [5.41, 5.74) is 0.914. The molecule has 12 heavy (non-hydrogen) atoms. The third-order valence-corrected chi connectivity index (χ3v) is 1.67. The van der Waals surface area contributed by atoms with Crippen LogP contribution in [0.3, 0.4) is 0 Å². The van der Waals surface area contributed by atoms with Crippen LogP contribution >= 0.6 is 0 Å². The van der Waals surface area contributed by atoms with Crippen molar-refractivity contribution in [3.8, 4) is 0 Å². The Morgan fingerprint density at radius 1 is 1.58 bits per heavy atom. The van der Waals surface area contributed by atoms with Crippen molar-refractivity contribution in [1.29, 1.82) is 0 Å². The number of nitrogens with one attached hydrogen (secondary N) is 1. The molecule has 4 nitrogen and oxygen atoms in total. The van der Waals surface area contributed by atoms with E-state index in [-0.39, 0.29) is 17.1 Å². The Morgan fingerprint density at radius 3 is 2.58 bits per heavy atom. The fourth-order valence-electron chi connectivity index (χ4n) is 0.782. The summed E-state index contributed by atoms with van der Waals surface area (Å²) in [6, 6.07) is 0. The maximum absolute atomic E-state index is 11.1. The van der Waals surface area contributed by atoms with E-state index >= 15 is 0 Å². The van der Waals surface area contributed by atoms with Crippen LogP contribution in [0.25, 0.3) is 5.76 Å². The molecule has 1 aromatic heterocycles. The highest BCUT2D eigenvalue weighted by atomic mass is 16.3. The van der Waals surface area contributed by atoms with Gasteiger partial charge in [-0.25, -0.2) is 4.98 Å². The fraction of sp³-hybridized carbons (Fsp3) is 0.250. The van der Waals surface area contributed by atoms with Gasteiger partial charge in [-0.1, -0.05) is 6.58 Å². The third kappa shape index (κ3) is 1.37. The predicted molar refractivity (Wildman–Crippen MR) is 46.0 cm³/mol. The molecule has 64 valence electrons. The molecule has 0 unspecified atom stereocenters. The van der Waals surface area contributed by atoms with E-state index < -0.39 is 0 Å². The van der Waals surface area contributed by atoms with E-state index in [0.717, 1.165) is 0 Å². The largest absolute Gasteiger partial charge is 0.505 e. The number of nitrogens with zero attached hydrogens (tertiary/aromatic N) is 1. The van der Waals surface area contributed by atoms with Crippen molar-refractivity contribution in [1.82, 2.24) is 9.97 Å². The Bertz CT molecular complexity index is 379. The van der Waals surface area contributed by atoms with Crippen LogP contribution in [0.4, 0.5) is 0 Å². The number of hydrogen-bond acceptors (Lipinski definition) is 3. The molecule has 0 fully saturated rings. The molecule has 0 aliphatic rings. The van der Waals surface area contributed by atoms with Crippen molar-refractivity contribution < 1.29 is 5.11 Å². The van der Waals surface area contributed by atoms with Gasteiger partial charge in [0.15, 0.2) is 11.6 Å². The molecular weight excluding hydrogens is 156 g/mol. The highest BCUT2D eigenvalue weighted by Crippen LogP contribution is 2.02. The van der Waals surface area contributed by atoms with Crippen molar-refractivity contribution in [2.45, 2.75) is 13.8 Å². The number of H-pyrrole nitrogens is 1. The zero-order chi connectivity index (χ0) is 9.30. The van der Waals surface area contributed by atoms with Gasteiger partial charge in [-0.05, 0) is 13.8 Å². The summed E-state index contributed by atoms with van der Waals surface area (Å²) < 4.78 is 0. The molecule has 0 saturated heterocycles. The van der Waals surface area contributed by atoms with Crippen LogP contribution in [0.1, 0.15) is 17.1 Å². The second-order valence-corrected chi connectivity index (χ2v) is 2.57. The summed E-state index contributed by atoms with van der Waals surface area (Å²) >= 11 is 0. The number of hydrogen-bond donors (Lipinski definition) is 2. The van der Waals surface area contributed by atoms with Crippen molar-refractivity contribution in [2.24, 2.45) is 0 Å². The standard InChI is InChI=1S/C8H10N2O2/c1-4-5(2)9-7(6(3)11)10-8(4)12/h11H,3H2,1-2H3,(H,9,10,12). The smallest absolute Gasteiger partial charge is 0.254 e. The van der Waals surface area contributed by atoms with E-state index in [1.54, 1.807) is 13.8 Å². The molecule has 0 spiro atoms. The normalized spacial score (nSPS) is 9.83. The maximum Gasteiger partial charge on any atom is 0.254 e. The van der Waals surface area contributed by atoms with E-state index in [1.165, 1.54) is 0 Å². The molecule has 0 bridgehead atoms. The van der Waals surface area contributed by atoms with Crippen LogP contribution in [-0.2, 0) is 0 Å². The van der Waals surface area contributed by atoms with Gasteiger partial charge in [0.05, 0.1) is 0 Å². The molecule has 0 amide bonds. The van der Waals surface area contributed by atoms with Crippen LogP contribution in [0, 0.1) is 13.8 Å². The minimum atomic E-state index is -0.243. The van der Waals surface area contributed by atoms with Crippen LogP contribution in [0.15, 0.2) is 11.4 Å². The highest BCUT2D eigenvalue weighted by Gasteiger charge is 2.04. The predicted octanol–water partition coefficient (Wildman–Crippen LogP) is 0.915. The first-order chi connectivity index (χ1) is 5.52. The summed E-state index contributed by atoms with van der Waals surface area (Å²) in [5, 5.41) is 8.94. The van der Waals surface area contributed by atoms with Crippen molar-refractivity contribution >= 4 is 5.76 Å². The van der Waals surface area contributed by atoms with Gasteiger partial charge in [-0.3, -0.25) is 4.79 Å². The Labute approximate surface area is 69.6 Å². The van der Waals surface area contributed by atoms with Crippen LogP contribution in [0.5, 0.6) is 0 Å². The highest BCUT2D eigenvalue weighted by molar-refractivity contribution is 5.47. The van der Waals surface area contributed by atoms with E-state index in [1.807, 2.05) is 0 Å². The van der Waals surface area contributed by atoms with E-state index in [9.17, 15) is 4.79 Å². The summed E-state index contributed by atoms with van der Waals surface area (Å²) in [5.74, 6) is -0.0988. The van der Waals surface area contributed by atoms with Gasteiger partial charge < -0.3 is 10.1 Å². The minimum Gasteiger partial charge on any atom is -0.505 e. The Hall–Kier alpha value is -1.58. The number of aliphatic hydroxyl groups excluding tert-OH is 1. The third-order valence-electron chi connectivity index (χ3n) is 1.67. The second-order valence-electron chi connectivity index (χ2n) is 2.57. The van der Waals surface area contributed by atoms with Crippen molar-refractivity contribution in [3.63, 3.8) is 0 Å². The molecule has 1 rings (SSSR count). The molecule has 4 heteroatoms. The molecule has 0 aromatic carbocycles. The van der Waals surface area contributed by atoms with Crippen molar-refractivity contribution in [3.05, 3.63) is 34.0 Å². The topological polar surface area (TPSA) is 66.0 Å². The number of aryl methyl sites for hydroxylation is 1. The van der Waals surface area contributed by atoms with Crippen LogP contribution < -0.4 is 5.56 Å². The average molecular weight is 166 g/mol. The first-order valence-corrected chi connectivity index (χ1v) is 3.48. The second kappa shape index (κ2) is 2.81. The average Bonchev–Trinajstić information content (AvgIpc) is 1.99. The number of rotatable bonds is 1. The lowest BCUT2D eigenvalue weighted by molar-refractivity contribution is 0.505. The van der Waals surface area contributed by atoms with Gasteiger partial charge in [-0.2, -0.15) is 0 Å². The van der Waals surface area contributed by atoms with Gasteiger partial charge in [0.25, 0.3) is 5.56 Å². The molecule has 0 radical (unpaired) electrons. The Balaban J connectivity index is 3.41. The zero-order valence-corrected chi connectivity index (χ0v) is 7.01. The van der Waals surface area contributed by atoms with E-state index in [2.05, 4.69) is 16.5 Å². The molecule has 0 aliphatic carbocycles. The SMILES string of the molecule is C=C(O)c1nc(C)c(C)c(=O)[nH]1. The Morgan fingerprint density at radius 2 is 2.17 bits per heavy atom. The first-order valence-electron chi connectivity index (χ1n) is 3.48. The van der Waals surface area contributed by atoms with Crippen LogP contribution in [-0.4, -0.2) is 15.1 Å². The zero-order valence-electron chi connectivity index (χ0n) is 7.01. The van der Waals surface area contributed by atoms with E-state index in [4.69, 9.17) is 5.11 Å². The lowest BCUT2D eigenvalue weighted by Crippen LogP contribution is -2.15. The summed E-state index contributed by atoms with van der Waals surface area (Å²) in [7, 11) is 0. The number of aromatic nitrogens is 2. The summed E-state index contributed by atoms with van der Waals surface area (Å²) in [4.78, 5) is 17.4. The van der Waals surface area contributed by atoms with Gasteiger partial charge in [-0.15, -0.1) is 0 Å². The van der Waals surface area contributed by atoms with Gasteiger partial charge in [0, 0.05) is 11.3 Å². The molecular formula is C8H10N2O2. The first kappa shape index (κ1) is 8.52. The molecule has 2 N–H and O–H groups in total. The molecule has 1 heterocycles. The van der Waals surface area contributed by atoms with E-state index in [0.29, 0.717) is 11.3 Å². The molecule has 0 saturated carbocycles. The van der Waals surface area contributed by atoms with Gasteiger partial charge in [0.1, 0.15) is 0 Å². The summed E-state index contributed by atoms with van der Waals surface area (Å²) in [6.45, 7) is 6.64. The van der Waals surface area contributed by atoms with Crippen LogP contribution in [0.2, 0.25) is 0 Å². The Kier molecular flexibility index (Phi) is 1.99. The molecule has 0 aliphatic heterocycles. The lowest BCUT2D eigenvalue weighted by Gasteiger charge is -2.01. The van der Waals surface area contributed by atoms with Crippen molar-refractivity contribution in [2.75, 3.05) is 0 Å². The molecule has 1 aromatic rings. The number of aliphatic hydroxyl groups is 1. The van der Waals surface area contributed by atoms with Gasteiger partial charge in [0.2, 0.25) is 0 Å². The maximum atomic E-state index is 11.1. The lowest BCUT2D eigenvalue weighted by atomic mass is 10.2. The van der Waals surface area contributed by atoms with Gasteiger partial charge >= 0.3 is 0 Å². The summed E-state index contributed by atoms with van der Waals surface area (Å²) in [6.07, 6.45) is 0. The quantitative estimate of drug-likeness (QED) is 0.609.